The van der Waals surface area contributed by atoms with E-state index in [4.69, 9.17) is 0 Å². The first-order chi connectivity index (χ1) is 8.36. The quantitative estimate of drug-likeness (QED) is 0.906. The maximum absolute atomic E-state index is 12.4. The molecule has 0 aliphatic carbocycles. The molecule has 1 aromatic rings. The maximum atomic E-state index is 12.4. The van der Waals surface area contributed by atoms with E-state index in [0.29, 0.717) is 11.9 Å². The summed E-state index contributed by atoms with van der Waals surface area (Å²) < 4.78 is 0. The summed E-state index contributed by atoms with van der Waals surface area (Å²) in [5, 5.41) is 5.39. The third-order valence-electron chi connectivity index (χ3n) is 3.82. The van der Waals surface area contributed by atoms with E-state index >= 15 is 0 Å². The number of amides is 1. The maximum Gasteiger partial charge on any atom is 0.227 e. The van der Waals surface area contributed by atoms with Crippen LogP contribution in [0.15, 0.2) is 17.5 Å². The van der Waals surface area contributed by atoms with E-state index in [1.807, 2.05) is 0 Å². The molecule has 3 heterocycles. The highest BCUT2D eigenvalue weighted by Gasteiger charge is 2.35. The summed E-state index contributed by atoms with van der Waals surface area (Å²) in [6.45, 7) is 2.80. The molecule has 2 unspecified atom stereocenters. The Morgan fingerprint density at radius 2 is 2.33 bits per heavy atom. The predicted molar refractivity (Wildman–Crippen MR) is 76.2 cm³/mol. The number of rotatable bonds is 2. The second kappa shape index (κ2) is 6.04. The van der Waals surface area contributed by atoms with Gasteiger partial charge in [0.05, 0.1) is 12.0 Å². The van der Waals surface area contributed by atoms with Crippen LogP contribution in [-0.2, 0) is 4.79 Å². The van der Waals surface area contributed by atoms with Crippen LogP contribution in [0.3, 0.4) is 0 Å². The molecule has 100 valence electrons. The van der Waals surface area contributed by atoms with Gasteiger partial charge in [0.25, 0.3) is 0 Å². The minimum absolute atomic E-state index is 0. The molecule has 1 aromatic heterocycles. The average molecular weight is 287 g/mol. The van der Waals surface area contributed by atoms with Gasteiger partial charge in [-0.1, -0.05) is 6.07 Å². The van der Waals surface area contributed by atoms with Crippen molar-refractivity contribution in [2.75, 3.05) is 19.6 Å². The molecule has 0 spiro atoms. The molecule has 1 amide bonds. The van der Waals surface area contributed by atoms with Crippen molar-refractivity contribution in [2.45, 2.75) is 25.3 Å². The van der Waals surface area contributed by atoms with Gasteiger partial charge < -0.3 is 10.2 Å². The summed E-state index contributed by atoms with van der Waals surface area (Å²) in [5.74, 6) is 0.585. The second-order valence-corrected chi connectivity index (χ2v) is 5.87. The third-order valence-corrected chi connectivity index (χ3v) is 4.79. The van der Waals surface area contributed by atoms with Gasteiger partial charge in [-0.25, -0.2) is 0 Å². The molecule has 2 atom stereocenters. The van der Waals surface area contributed by atoms with Gasteiger partial charge in [0.15, 0.2) is 0 Å². The SMILES string of the molecule is Cl.O=C(C1CCNC1)N1CCCC1c1cccs1. The van der Waals surface area contributed by atoms with Crippen LogP contribution in [0.1, 0.15) is 30.2 Å². The molecule has 5 heteroatoms. The second-order valence-electron chi connectivity index (χ2n) is 4.89. The number of carbonyl (C=O) groups excluding carboxylic acids is 1. The lowest BCUT2D eigenvalue weighted by Gasteiger charge is -2.26. The minimum atomic E-state index is 0. The van der Waals surface area contributed by atoms with Crippen molar-refractivity contribution in [1.82, 2.24) is 10.2 Å². The molecule has 2 fully saturated rings. The fourth-order valence-corrected chi connectivity index (χ4v) is 3.78. The van der Waals surface area contributed by atoms with Crippen molar-refractivity contribution in [3.63, 3.8) is 0 Å². The Balaban J connectivity index is 0.00000120. The number of halogens is 1. The molecule has 1 N–H and O–H groups in total. The molecule has 0 radical (unpaired) electrons. The van der Waals surface area contributed by atoms with E-state index in [1.54, 1.807) is 11.3 Å². The summed E-state index contributed by atoms with van der Waals surface area (Å²) in [6.07, 6.45) is 3.29. The molecule has 2 aliphatic heterocycles. The lowest BCUT2D eigenvalue weighted by molar-refractivity contribution is -0.135. The number of carbonyl (C=O) groups is 1. The Bertz CT molecular complexity index is 390. The van der Waals surface area contributed by atoms with Crippen molar-refractivity contribution >= 4 is 29.7 Å². The van der Waals surface area contributed by atoms with Crippen molar-refractivity contribution in [3.05, 3.63) is 22.4 Å². The highest BCUT2D eigenvalue weighted by Crippen LogP contribution is 2.35. The predicted octanol–water partition coefficient (Wildman–Crippen LogP) is 2.44. The molecular weight excluding hydrogens is 268 g/mol. The largest absolute Gasteiger partial charge is 0.335 e. The number of thiophene rings is 1. The third kappa shape index (κ3) is 2.56. The molecule has 0 bridgehead atoms. The Morgan fingerprint density at radius 1 is 1.44 bits per heavy atom. The van der Waals surface area contributed by atoms with E-state index in [-0.39, 0.29) is 18.3 Å². The number of likely N-dealkylation sites (tertiary alicyclic amines) is 1. The zero-order valence-electron chi connectivity index (χ0n) is 10.3. The lowest BCUT2D eigenvalue weighted by Crippen LogP contribution is -2.36. The molecule has 3 nitrogen and oxygen atoms in total. The zero-order chi connectivity index (χ0) is 11.7. The molecular formula is C13H19ClN2OS. The monoisotopic (exact) mass is 286 g/mol. The zero-order valence-corrected chi connectivity index (χ0v) is 11.9. The molecule has 2 saturated heterocycles. The average Bonchev–Trinajstić information content (AvgIpc) is 3.09. The van der Waals surface area contributed by atoms with Crippen LogP contribution in [0.2, 0.25) is 0 Å². The van der Waals surface area contributed by atoms with E-state index < -0.39 is 0 Å². The molecule has 2 aliphatic rings. The van der Waals surface area contributed by atoms with Crippen molar-refractivity contribution in [1.29, 1.82) is 0 Å². The van der Waals surface area contributed by atoms with Crippen molar-refractivity contribution in [3.8, 4) is 0 Å². The number of hydrogen-bond acceptors (Lipinski definition) is 3. The molecule has 18 heavy (non-hydrogen) atoms. The van der Waals surface area contributed by atoms with Crippen LogP contribution < -0.4 is 5.32 Å². The Morgan fingerprint density at radius 3 is 3.00 bits per heavy atom. The van der Waals surface area contributed by atoms with Gasteiger partial charge in [-0.3, -0.25) is 4.79 Å². The van der Waals surface area contributed by atoms with E-state index in [0.717, 1.165) is 38.9 Å². The van der Waals surface area contributed by atoms with Gasteiger partial charge in [0.1, 0.15) is 0 Å². The molecule has 0 saturated carbocycles. The van der Waals surface area contributed by atoms with Crippen LogP contribution in [0.4, 0.5) is 0 Å². The highest BCUT2D eigenvalue weighted by molar-refractivity contribution is 7.10. The van der Waals surface area contributed by atoms with Gasteiger partial charge in [0.2, 0.25) is 5.91 Å². The van der Waals surface area contributed by atoms with E-state index in [9.17, 15) is 4.79 Å². The van der Waals surface area contributed by atoms with E-state index in [1.165, 1.54) is 4.88 Å². The smallest absolute Gasteiger partial charge is 0.227 e. The van der Waals surface area contributed by atoms with Gasteiger partial charge in [-0.15, -0.1) is 23.7 Å². The van der Waals surface area contributed by atoms with Crippen LogP contribution in [0, 0.1) is 5.92 Å². The number of nitrogens with one attached hydrogen (secondary N) is 1. The topological polar surface area (TPSA) is 32.3 Å². The van der Waals surface area contributed by atoms with Crippen LogP contribution in [0.25, 0.3) is 0 Å². The first kappa shape index (κ1) is 13.8. The first-order valence-electron chi connectivity index (χ1n) is 6.41. The van der Waals surface area contributed by atoms with Gasteiger partial charge >= 0.3 is 0 Å². The summed E-state index contributed by atoms with van der Waals surface area (Å²) in [5.41, 5.74) is 0. The van der Waals surface area contributed by atoms with E-state index in [2.05, 4.69) is 27.7 Å². The first-order valence-corrected chi connectivity index (χ1v) is 7.29. The molecule has 3 rings (SSSR count). The van der Waals surface area contributed by atoms with Crippen molar-refractivity contribution < 1.29 is 4.79 Å². The summed E-state index contributed by atoms with van der Waals surface area (Å²) >= 11 is 1.77. The lowest BCUT2D eigenvalue weighted by atomic mass is 10.1. The summed E-state index contributed by atoms with van der Waals surface area (Å²) in [4.78, 5) is 15.9. The van der Waals surface area contributed by atoms with Gasteiger partial charge in [-0.2, -0.15) is 0 Å². The Labute approximate surface area is 118 Å². The van der Waals surface area contributed by atoms with Crippen LogP contribution >= 0.6 is 23.7 Å². The normalized spacial score (nSPS) is 27.2. The van der Waals surface area contributed by atoms with Gasteiger partial charge in [0, 0.05) is 18.0 Å². The fourth-order valence-electron chi connectivity index (χ4n) is 2.91. The van der Waals surface area contributed by atoms with Crippen LogP contribution in [0.5, 0.6) is 0 Å². The summed E-state index contributed by atoms with van der Waals surface area (Å²) in [6, 6.07) is 4.59. The summed E-state index contributed by atoms with van der Waals surface area (Å²) in [7, 11) is 0. The van der Waals surface area contributed by atoms with Gasteiger partial charge in [-0.05, 0) is 37.3 Å². The minimum Gasteiger partial charge on any atom is -0.335 e. The number of hydrogen-bond donors (Lipinski definition) is 1. The highest BCUT2D eigenvalue weighted by atomic mass is 35.5. The van der Waals surface area contributed by atoms with Crippen molar-refractivity contribution in [2.24, 2.45) is 5.92 Å². The Hall–Kier alpha value is -0.580. The standard InChI is InChI=1S/C13H18N2OS.ClH/c16-13(10-5-6-14-9-10)15-7-1-3-11(15)12-4-2-8-17-12;/h2,4,8,10-11,14H,1,3,5-7,9H2;1H. The Kier molecular flexibility index (Phi) is 4.65. The molecule has 0 aromatic carbocycles. The number of nitrogens with zero attached hydrogens (tertiary/aromatic N) is 1. The fraction of sp³-hybridized carbons (Fsp3) is 0.615. The van der Waals surface area contributed by atoms with Crippen LogP contribution in [-0.4, -0.2) is 30.4 Å².